The topological polar surface area (TPSA) is 44.4 Å². The average Bonchev–Trinajstić information content (AvgIpc) is 2.24. The number of hydrogen-bond donors (Lipinski definition) is 2. The highest BCUT2D eigenvalue weighted by Crippen LogP contribution is 2.15. The van der Waals surface area contributed by atoms with E-state index in [1.54, 1.807) is 0 Å². The first-order chi connectivity index (χ1) is 8.38. The molecule has 2 N–H and O–H groups in total. The highest BCUT2D eigenvalue weighted by Gasteiger charge is 2.17. The second kappa shape index (κ2) is 6.98. The Morgan fingerprint density at radius 3 is 2.67 bits per heavy atom. The van der Waals surface area contributed by atoms with Gasteiger partial charge in [0.05, 0.1) is 0 Å². The van der Waals surface area contributed by atoms with Gasteiger partial charge < -0.3 is 15.5 Å². The minimum atomic E-state index is -0.161. The molecule has 0 bridgehead atoms. The number of amides is 2. The molecule has 1 aliphatic rings. The second-order valence-electron chi connectivity index (χ2n) is 6.37. The first-order valence-corrected chi connectivity index (χ1v) is 7.18. The summed E-state index contributed by atoms with van der Waals surface area (Å²) in [4.78, 5) is 14.1. The molecule has 0 aromatic rings. The molecule has 4 nitrogen and oxygen atoms in total. The van der Waals surface area contributed by atoms with Crippen LogP contribution in [0, 0.1) is 0 Å². The Kier molecular flexibility index (Phi) is 5.93. The van der Waals surface area contributed by atoms with Gasteiger partial charge >= 0.3 is 6.03 Å². The van der Waals surface area contributed by atoms with Crippen LogP contribution < -0.4 is 10.6 Å². The lowest BCUT2D eigenvalue weighted by Crippen LogP contribution is -2.47. The molecule has 2 amide bonds. The zero-order chi connectivity index (χ0) is 13.6. The number of nitrogens with zero attached hydrogens (tertiary/aromatic N) is 1. The summed E-state index contributed by atoms with van der Waals surface area (Å²) in [5, 5.41) is 5.82. The van der Waals surface area contributed by atoms with Crippen molar-refractivity contribution in [1.82, 2.24) is 15.5 Å². The predicted octanol–water partition coefficient (Wildman–Crippen LogP) is 2.35. The molecule has 0 aromatic carbocycles. The SMILES string of the molecule is CC1CCCCN1CCCNC(=O)NC(C)(C)C. The molecule has 106 valence electrons. The van der Waals surface area contributed by atoms with Crippen LogP contribution >= 0.6 is 0 Å². The zero-order valence-corrected chi connectivity index (χ0v) is 12.4. The van der Waals surface area contributed by atoms with E-state index in [1.807, 2.05) is 20.8 Å². The number of urea groups is 1. The normalized spacial score (nSPS) is 21.7. The van der Waals surface area contributed by atoms with Gasteiger partial charge in [0, 0.05) is 24.7 Å². The number of hydrogen-bond acceptors (Lipinski definition) is 2. The third-order valence-electron chi connectivity index (χ3n) is 3.34. The third-order valence-corrected chi connectivity index (χ3v) is 3.34. The van der Waals surface area contributed by atoms with Crippen LogP contribution in [0.3, 0.4) is 0 Å². The van der Waals surface area contributed by atoms with Crippen molar-refractivity contribution >= 4 is 6.03 Å². The summed E-state index contributed by atoms with van der Waals surface area (Å²) in [6.07, 6.45) is 5.03. The molecule has 0 aliphatic carbocycles. The van der Waals surface area contributed by atoms with Gasteiger partial charge in [-0.15, -0.1) is 0 Å². The molecule has 1 rings (SSSR count). The standard InChI is InChI=1S/C14H29N3O/c1-12-8-5-6-10-17(12)11-7-9-15-13(18)16-14(2,3)4/h12H,5-11H2,1-4H3,(H2,15,16,18). The average molecular weight is 255 g/mol. The molecule has 1 unspecified atom stereocenters. The molecule has 1 heterocycles. The van der Waals surface area contributed by atoms with Crippen LogP contribution in [-0.4, -0.2) is 42.1 Å². The summed E-state index contributed by atoms with van der Waals surface area (Å²) < 4.78 is 0. The van der Waals surface area contributed by atoms with Gasteiger partial charge in [0.1, 0.15) is 0 Å². The fourth-order valence-electron chi connectivity index (χ4n) is 2.36. The molecule has 1 saturated heterocycles. The van der Waals surface area contributed by atoms with E-state index in [2.05, 4.69) is 22.5 Å². The summed E-state index contributed by atoms with van der Waals surface area (Å²) >= 11 is 0. The highest BCUT2D eigenvalue weighted by atomic mass is 16.2. The van der Waals surface area contributed by atoms with Crippen LogP contribution in [-0.2, 0) is 0 Å². The van der Waals surface area contributed by atoms with Crippen molar-refractivity contribution in [3.8, 4) is 0 Å². The van der Waals surface area contributed by atoms with Crippen LogP contribution in [0.15, 0.2) is 0 Å². The van der Waals surface area contributed by atoms with Gasteiger partial charge in [-0.2, -0.15) is 0 Å². The fraction of sp³-hybridized carbons (Fsp3) is 0.929. The summed E-state index contributed by atoms with van der Waals surface area (Å²) in [6, 6.07) is 0.649. The summed E-state index contributed by atoms with van der Waals surface area (Å²) in [5.74, 6) is 0. The van der Waals surface area contributed by atoms with E-state index < -0.39 is 0 Å². The van der Waals surface area contributed by atoms with Crippen molar-refractivity contribution in [2.75, 3.05) is 19.6 Å². The van der Waals surface area contributed by atoms with Crippen LogP contribution in [0.1, 0.15) is 53.4 Å². The monoisotopic (exact) mass is 255 g/mol. The maximum absolute atomic E-state index is 11.5. The van der Waals surface area contributed by atoms with Crippen molar-refractivity contribution in [3.05, 3.63) is 0 Å². The molecule has 0 saturated carbocycles. The van der Waals surface area contributed by atoms with Gasteiger partial charge in [0.2, 0.25) is 0 Å². The first kappa shape index (κ1) is 15.3. The van der Waals surface area contributed by atoms with E-state index in [9.17, 15) is 4.79 Å². The molecule has 18 heavy (non-hydrogen) atoms. The maximum Gasteiger partial charge on any atom is 0.315 e. The molecule has 1 atom stereocenters. The molecule has 0 aromatic heterocycles. The number of carbonyl (C=O) groups excluding carboxylic acids is 1. The molecular formula is C14H29N3O. The van der Waals surface area contributed by atoms with Gasteiger partial charge in [-0.3, -0.25) is 0 Å². The Morgan fingerprint density at radius 1 is 1.33 bits per heavy atom. The maximum atomic E-state index is 11.5. The summed E-state index contributed by atoms with van der Waals surface area (Å²) in [5.41, 5.74) is -0.161. The first-order valence-electron chi connectivity index (χ1n) is 7.18. The Labute approximate surface area is 111 Å². The van der Waals surface area contributed by atoms with E-state index in [4.69, 9.17) is 0 Å². The van der Waals surface area contributed by atoms with E-state index in [-0.39, 0.29) is 11.6 Å². The summed E-state index contributed by atoms with van der Waals surface area (Å²) in [6.45, 7) is 11.3. The number of likely N-dealkylation sites (tertiary alicyclic amines) is 1. The van der Waals surface area contributed by atoms with Crippen molar-refractivity contribution < 1.29 is 4.79 Å². The Balaban J connectivity index is 2.09. The van der Waals surface area contributed by atoms with Crippen LogP contribution in [0.25, 0.3) is 0 Å². The van der Waals surface area contributed by atoms with Crippen molar-refractivity contribution in [1.29, 1.82) is 0 Å². The number of piperidine rings is 1. The zero-order valence-electron chi connectivity index (χ0n) is 12.4. The van der Waals surface area contributed by atoms with E-state index in [0.29, 0.717) is 6.04 Å². The Bertz CT molecular complexity index is 260. The third kappa shape index (κ3) is 6.24. The smallest absolute Gasteiger partial charge is 0.315 e. The van der Waals surface area contributed by atoms with Crippen molar-refractivity contribution in [2.45, 2.75) is 65.0 Å². The second-order valence-corrected chi connectivity index (χ2v) is 6.37. The highest BCUT2D eigenvalue weighted by molar-refractivity contribution is 5.74. The molecule has 4 heteroatoms. The predicted molar refractivity (Wildman–Crippen MR) is 75.8 cm³/mol. The van der Waals surface area contributed by atoms with E-state index >= 15 is 0 Å². The quantitative estimate of drug-likeness (QED) is 0.757. The lowest BCUT2D eigenvalue weighted by Gasteiger charge is -2.33. The van der Waals surface area contributed by atoms with Gasteiger partial charge in [0.25, 0.3) is 0 Å². The Morgan fingerprint density at radius 2 is 2.06 bits per heavy atom. The van der Waals surface area contributed by atoms with Gasteiger partial charge in [-0.25, -0.2) is 4.79 Å². The Hall–Kier alpha value is -0.770. The lowest BCUT2D eigenvalue weighted by atomic mass is 10.0. The van der Waals surface area contributed by atoms with Gasteiger partial charge in [-0.1, -0.05) is 6.42 Å². The van der Waals surface area contributed by atoms with Crippen LogP contribution in [0.4, 0.5) is 4.79 Å². The molecule has 0 radical (unpaired) electrons. The van der Waals surface area contributed by atoms with E-state index in [1.165, 1.54) is 25.8 Å². The van der Waals surface area contributed by atoms with Crippen molar-refractivity contribution in [3.63, 3.8) is 0 Å². The lowest BCUT2D eigenvalue weighted by molar-refractivity contribution is 0.159. The molecular weight excluding hydrogens is 226 g/mol. The fourth-order valence-corrected chi connectivity index (χ4v) is 2.36. The van der Waals surface area contributed by atoms with Crippen molar-refractivity contribution in [2.24, 2.45) is 0 Å². The largest absolute Gasteiger partial charge is 0.338 e. The summed E-state index contributed by atoms with van der Waals surface area (Å²) in [7, 11) is 0. The molecule has 1 aliphatic heterocycles. The van der Waals surface area contributed by atoms with Gasteiger partial charge in [-0.05, 0) is 53.5 Å². The number of rotatable bonds is 4. The van der Waals surface area contributed by atoms with Crippen LogP contribution in [0.2, 0.25) is 0 Å². The van der Waals surface area contributed by atoms with Crippen LogP contribution in [0.5, 0.6) is 0 Å². The van der Waals surface area contributed by atoms with Gasteiger partial charge in [0.15, 0.2) is 0 Å². The minimum absolute atomic E-state index is 0.0609. The molecule has 1 fully saturated rings. The number of nitrogens with one attached hydrogen (secondary N) is 2. The minimum Gasteiger partial charge on any atom is -0.338 e. The number of carbonyl (C=O) groups is 1. The van der Waals surface area contributed by atoms with E-state index in [0.717, 1.165) is 19.5 Å². The molecule has 0 spiro atoms.